The van der Waals surface area contributed by atoms with Crippen molar-refractivity contribution in [3.8, 4) is 5.75 Å². The number of benzene rings is 4. The average Bonchev–Trinajstić information content (AvgIpc) is 3.98. The summed E-state index contributed by atoms with van der Waals surface area (Å²) in [6.07, 6.45) is 9.79. The highest BCUT2D eigenvalue weighted by Crippen LogP contribution is 2.35. The molecule has 3 fully saturated rings. The largest absolute Gasteiger partial charge is 0.489 e. The van der Waals surface area contributed by atoms with Gasteiger partial charge in [-0.2, -0.15) is 5.10 Å². The first-order chi connectivity index (χ1) is 35.6. The number of anilines is 3. The summed E-state index contributed by atoms with van der Waals surface area (Å²) in [7, 11) is 1.93. The zero-order chi connectivity index (χ0) is 50.0. The third kappa shape index (κ3) is 10.7. The molecule has 7 heterocycles. The summed E-state index contributed by atoms with van der Waals surface area (Å²) in [5.74, 6) is 0.472. The van der Waals surface area contributed by atoms with E-state index in [-0.39, 0.29) is 30.0 Å². The maximum atomic E-state index is 13.6. The van der Waals surface area contributed by atoms with Gasteiger partial charge in [-0.25, -0.2) is 14.8 Å². The van der Waals surface area contributed by atoms with Crippen molar-refractivity contribution < 1.29 is 29.0 Å². The van der Waals surface area contributed by atoms with Gasteiger partial charge in [0.25, 0.3) is 5.91 Å². The highest BCUT2D eigenvalue weighted by molar-refractivity contribution is 7.22. The molecule has 3 amide bonds. The predicted octanol–water partition coefficient (Wildman–Crippen LogP) is 9.14. The molecule has 4 aromatic carbocycles. The van der Waals surface area contributed by atoms with Gasteiger partial charge in [-0.05, 0) is 167 Å². The maximum Gasteiger partial charge on any atom is 0.354 e. The van der Waals surface area contributed by atoms with E-state index in [1.807, 2.05) is 77.3 Å². The summed E-state index contributed by atoms with van der Waals surface area (Å²) in [5, 5.41) is 22.0. The lowest BCUT2D eigenvalue weighted by molar-refractivity contribution is -0.134. The summed E-state index contributed by atoms with van der Waals surface area (Å²) in [5.41, 5.74) is 8.08. The Morgan fingerprint density at radius 3 is 2.41 bits per heavy atom. The number of aryl methyl sites for hydroxylation is 2. The fraction of sp³-hybridized carbons (Fsp3) is 0.386. The molecule has 15 nitrogen and oxygen atoms in total. The van der Waals surface area contributed by atoms with Crippen LogP contribution in [0.15, 0.2) is 97.1 Å². The molecule has 0 spiro atoms. The first-order valence-corrected chi connectivity index (χ1v) is 26.7. The third-order valence-corrected chi connectivity index (χ3v) is 16.6. The topological polar surface area (TPSA) is 175 Å². The van der Waals surface area contributed by atoms with Crippen LogP contribution in [0.25, 0.3) is 21.1 Å². The van der Waals surface area contributed by atoms with Crippen LogP contribution in [0.5, 0.6) is 5.75 Å². The third-order valence-electron chi connectivity index (χ3n) is 15.7. The van der Waals surface area contributed by atoms with E-state index in [9.17, 15) is 24.3 Å². The summed E-state index contributed by atoms with van der Waals surface area (Å²) < 4.78 is 9.00. The molecule has 3 saturated heterocycles. The molecule has 3 N–H and O–H groups in total. The number of thiazole rings is 1. The molecule has 0 saturated carbocycles. The van der Waals surface area contributed by atoms with Gasteiger partial charge < -0.3 is 24.5 Å². The Morgan fingerprint density at radius 2 is 1.62 bits per heavy atom. The molecule has 16 heteroatoms. The number of para-hydroxylation sites is 1. The van der Waals surface area contributed by atoms with Crippen LogP contribution in [0.3, 0.4) is 0 Å². The molecule has 1 unspecified atom stereocenters. The van der Waals surface area contributed by atoms with Gasteiger partial charge >= 0.3 is 5.97 Å². The molecule has 1 atom stereocenters. The Kier molecular flexibility index (Phi) is 13.9. The van der Waals surface area contributed by atoms with Gasteiger partial charge in [0.2, 0.25) is 11.8 Å². The van der Waals surface area contributed by atoms with Crippen molar-refractivity contribution in [2.75, 3.05) is 54.4 Å². The molecular weight excluding hydrogens is 939 g/mol. The standard InChI is InChI=1S/C57H61N9O6S/c1-63-48-33-41(14-17-44(48)53(62-63)45-18-20-51(67)60-55(45)69)65-30-24-38(25-31-65)23-29-64-27-21-37(22-28-64)10-9-36-11-15-42(16-12-36)72-35-40-13-19-50(59-52(40)56(70)71)66-32-26-39-5-4-6-43(46(39)34-66)54(68)61-57-58-47-7-2-3-8-49(47)73-57/h2-8,11-17,19,33,37-38,45H,9-10,18,20-32,34-35H2,1H3,(H,70,71)(H,58,61,68)(H,60,67,69). The highest BCUT2D eigenvalue weighted by Gasteiger charge is 2.32. The van der Waals surface area contributed by atoms with Crippen molar-refractivity contribution in [2.45, 2.75) is 83.3 Å². The number of carbonyl (C=O) groups excluding carboxylic acids is 3. The van der Waals surface area contributed by atoms with Gasteiger partial charge in [-0.15, -0.1) is 0 Å². The smallest absolute Gasteiger partial charge is 0.354 e. The van der Waals surface area contributed by atoms with Crippen LogP contribution in [0.1, 0.15) is 106 Å². The highest BCUT2D eigenvalue weighted by atomic mass is 32.1. The number of carboxylic acid groups (broad SMARTS) is 1. The molecule has 0 bridgehead atoms. The number of aromatic carboxylic acids is 1. The molecule has 376 valence electrons. The van der Waals surface area contributed by atoms with Crippen LogP contribution in [-0.2, 0) is 42.6 Å². The molecule has 11 rings (SSSR count). The number of imide groups is 1. The number of carboxylic acids is 1. The van der Waals surface area contributed by atoms with Gasteiger partial charge in [0.1, 0.15) is 18.2 Å². The maximum absolute atomic E-state index is 13.6. The average molecular weight is 1000 g/mol. The second-order valence-electron chi connectivity index (χ2n) is 20.2. The molecule has 7 aromatic rings. The van der Waals surface area contributed by atoms with Crippen molar-refractivity contribution in [1.29, 1.82) is 0 Å². The summed E-state index contributed by atoms with van der Waals surface area (Å²) in [4.78, 5) is 66.8. The van der Waals surface area contributed by atoms with E-state index in [2.05, 4.69) is 60.7 Å². The number of nitrogens with one attached hydrogen (secondary N) is 2. The number of carbonyl (C=O) groups is 4. The van der Waals surface area contributed by atoms with Crippen LogP contribution in [0, 0.1) is 11.8 Å². The second-order valence-corrected chi connectivity index (χ2v) is 21.3. The lowest BCUT2D eigenvalue weighted by Gasteiger charge is -2.36. The van der Waals surface area contributed by atoms with Crippen molar-refractivity contribution >= 4 is 72.8 Å². The van der Waals surface area contributed by atoms with Gasteiger partial charge in [-0.3, -0.25) is 29.7 Å². The number of rotatable bonds is 15. The monoisotopic (exact) mass is 999 g/mol. The molecule has 3 aromatic heterocycles. The number of likely N-dealkylation sites (tertiary alicyclic amines) is 1. The number of amides is 3. The normalized spacial score (nSPS) is 18.0. The predicted molar refractivity (Wildman–Crippen MR) is 284 cm³/mol. The van der Waals surface area contributed by atoms with Crippen LogP contribution in [0.4, 0.5) is 16.6 Å². The summed E-state index contributed by atoms with van der Waals surface area (Å²) in [6.45, 7) is 6.70. The number of fused-ring (bicyclic) bond motifs is 3. The second kappa shape index (κ2) is 21.1. The van der Waals surface area contributed by atoms with Gasteiger partial charge in [-0.1, -0.05) is 47.7 Å². The minimum atomic E-state index is -1.12. The number of piperidine rings is 3. The van der Waals surface area contributed by atoms with E-state index in [1.165, 1.54) is 61.2 Å². The number of pyridine rings is 1. The molecule has 73 heavy (non-hydrogen) atoms. The number of hydrogen-bond acceptors (Lipinski definition) is 12. The zero-order valence-electron chi connectivity index (χ0n) is 41.2. The van der Waals surface area contributed by atoms with Gasteiger partial charge in [0, 0.05) is 61.8 Å². The van der Waals surface area contributed by atoms with E-state index < -0.39 is 11.9 Å². The Morgan fingerprint density at radius 1 is 0.822 bits per heavy atom. The minimum Gasteiger partial charge on any atom is -0.489 e. The summed E-state index contributed by atoms with van der Waals surface area (Å²) in [6, 6.07) is 31.8. The molecule has 4 aliphatic heterocycles. The summed E-state index contributed by atoms with van der Waals surface area (Å²) >= 11 is 1.44. The van der Waals surface area contributed by atoms with Crippen molar-refractivity contribution in [1.82, 2.24) is 30.0 Å². The number of ether oxygens (including phenoxy) is 1. The lowest BCUT2D eigenvalue weighted by atomic mass is 9.89. The van der Waals surface area contributed by atoms with E-state index >= 15 is 0 Å². The molecule has 4 aliphatic rings. The Bertz CT molecular complexity index is 3160. The molecular formula is C57H61N9O6S. The van der Waals surface area contributed by atoms with Crippen molar-refractivity contribution in [3.05, 3.63) is 136 Å². The SMILES string of the molecule is Cn1nc(C2CCC(=O)NC2=O)c2ccc(N3CCC(CCN4CCC(CCc5ccc(OCc6ccc(N7CCc8cccc(C(=O)Nc9nc%10ccccc%10s9)c8C7)nc6C(=O)O)cc5)CC4)CC3)cc21. The fourth-order valence-electron chi connectivity index (χ4n) is 11.3. The molecule has 0 radical (unpaired) electrons. The Hall–Kier alpha value is -7.17. The number of hydrogen-bond donors (Lipinski definition) is 3. The minimum absolute atomic E-state index is 0.0455. The first kappa shape index (κ1) is 48.1. The van der Waals surface area contributed by atoms with Gasteiger partial charge in [0.15, 0.2) is 10.8 Å². The van der Waals surface area contributed by atoms with Crippen LogP contribution in [0.2, 0.25) is 0 Å². The van der Waals surface area contributed by atoms with Gasteiger partial charge in [0.05, 0.1) is 27.3 Å². The van der Waals surface area contributed by atoms with Crippen LogP contribution < -0.4 is 25.2 Å². The molecule has 0 aliphatic carbocycles. The van der Waals surface area contributed by atoms with Crippen molar-refractivity contribution in [3.63, 3.8) is 0 Å². The van der Waals surface area contributed by atoms with E-state index in [0.717, 1.165) is 82.9 Å². The van der Waals surface area contributed by atoms with Crippen LogP contribution in [-0.4, -0.2) is 92.7 Å². The first-order valence-electron chi connectivity index (χ1n) is 25.8. The van der Waals surface area contributed by atoms with E-state index in [1.54, 1.807) is 6.07 Å². The number of nitrogens with zero attached hydrogens (tertiary/aromatic N) is 7. The van der Waals surface area contributed by atoms with E-state index in [4.69, 9.17) is 9.84 Å². The quantitative estimate of drug-likeness (QED) is 0.0833. The van der Waals surface area contributed by atoms with Crippen molar-refractivity contribution in [2.24, 2.45) is 18.9 Å². The zero-order valence-corrected chi connectivity index (χ0v) is 42.0. The van der Waals surface area contributed by atoms with E-state index in [0.29, 0.717) is 66.1 Å². The lowest BCUT2D eigenvalue weighted by Crippen LogP contribution is -2.39. The fourth-order valence-corrected chi connectivity index (χ4v) is 12.2. The Labute approximate surface area is 428 Å². The number of aromatic nitrogens is 4. The Balaban J connectivity index is 0.608. The van der Waals surface area contributed by atoms with Crippen LogP contribution >= 0.6 is 11.3 Å².